The Labute approximate surface area is 165 Å². The van der Waals surface area contributed by atoms with E-state index < -0.39 is 5.54 Å². The minimum atomic E-state index is -0.530. The van der Waals surface area contributed by atoms with Gasteiger partial charge in [-0.2, -0.15) is 0 Å². The molecule has 0 aromatic heterocycles. The summed E-state index contributed by atoms with van der Waals surface area (Å²) >= 11 is 0. The van der Waals surface area contributed by atoms with Crippen LogP contribution in [0.4, 0.5) is 5.69 Å². The molecule has 0 radical (unpaired) electrons. The van der Waals surface area contributed by atoms with Gasteiger partial charge in [0, 0.05) is 17.8 Å². The molecule has 2 aliphatic heterocycles. The Morgan fingerprint density at radius 1 is 1.18 bits per heavy atom. The van der Waals surface area contributed by atoms with E-state index in [1.54, 1.807) is 0 Å². The summed E-state index contributed by atoms with van der Waals surface area (Å²) in [6.45, 7) is 3.89. The largest absolute Gasteiger partial charge is 0.454 e. The Morgan fingerprint density at radius 2 is 2.00 bits per heavy atom. The van der Waals surface area contributed by atoms with Crippen molar-refractivity contribution in [3.63, 3.8) is 0 Å². The molecule has 0 bridgehead atoms. The van der Waals surface area contributed by atoms with Crippen LogP contribution in [0, 0.1) is 0 Å². The molecular formula is C23H26N2O3. The quantitative estimate of drug-likeness (QED) is 0.843. The first kappa shape index (κ1) is 17.6. The van der Waals surface area contributed by atoms with Crippen LogP contribution in [-0.2, 0) is 11.3 Å². The maximum Gasteiger partial charge on any atom is 0.244 e. The van der Waals surface area contributed by atoms with Crippen molar-refractivity contribution in [2.45, 2.75) is 50.6 Å². The lowest BCUT2D eigenvalue weighted by Crippen LogP contribution is -2.50. The highest BCUT2D eigenvalue weighted by atomic mass is 16.7. The smallest absolute Gasteiger partial charge is 0.244 e. The van der Waals surface area contributed by atoms with Gasteiger partial charge in [-0.05, 0) is 68.8 Å². The lowest BCUT2D eigenvalue weighted by molar-refractivity contribution is -0.125. The second kappa shape index (κ2) is 6.82. The molecule has 2 heterocycles. The fourth-order valence-electron chi connectivity index (χ4n) is 4.37. The lowest BCUT2D eigenvalue weighted by atomic mass is 9.96. The molecule has 1 saturated carbocycles. The van der Waals surface area contributed by atoms with Crippen LogP contribution >= 0.6 is 0 Å². The predicted octanol–water partition coefficient (Wildman–Crippen LogP) is 4.29. The van der Waals surface area contributed by atoms with E-state index in [0.717, 1.165) is 48.1 Å². The highest BCUT2D eigenvalue weighted by molar-refractivity contribution is 5.98. The van der Waals surface area contributed by atoms with E-state index in [1.165, 1.54) is 18.4 Å². The van der Waals surface area contributed by atoms with Gasteiger partial charge in [0.15, 0.2) is 11.5 Å². The number of hydrogen-bond acceptors (Lipinski definition) is 4. The van der Waals surface area contributed by atoms with Gasteiger partial charge < -0.3 is 14.8 Å². The van der Waals surface area contributed by atoms with E-state index in [1.807, 2.05) is 24.3 Å². The van der Waals surface area contributed by atoms with E-state index >= 15 is 0 Å². The molecule has 5 nitrogen and oxygen atoms in total. The zero-order chi connectivity index (χ0) is 19.1. The Morgan fingerprint density at radius 3 is 2.79 bits per heavy atom. The minimum Gasteiger partial charge on any atom is -0.454 e. The number of likely N-dealkylation sites (tertiary alicyclic amines) is 1. The fourth-order valence-corrected chi connectivity index (χ4v) is 4.37. The van der Waals surface area contributed by atoms with E-state index in [0.29, 0.717) is 6.54 Å². The maximum atomic E-state index is 13.2. The normalized spacial score (nSPS) is 23.8. The first-order valence-electron chi connectivity index (χ1n) is 10.2. The summed E-state index contributed by atoms with van der Waals surface area (Å²) in [7, 11) is 0. The Bertz CT molecular complexity index is 891. The van der Waals surface area contributed by atoms with Crippen LogP contribution in [-0.4, -0.2) is 29.7 Å². The van der Waals surface area contributed by atoms with Crippen molar-refractivity contribution in [2.24, 2.45) is 0 Å². The third-order valence-electron chi connectivity index (χ3n) is 6.34. The Kier molecular flexibility index (Phi) is 4.27. The van der Waals surface area contributed by atoms with Crippen molar-refractivity contribution in [1.82, 2.24) is 4.90 Å². The molecule has 1 atom stereocenters. The number of nitrogens with zero attached hydrogens (tertiary/aromatic N) is 1. The van der Waals surface area contributed by atoms with Crippen molar-refractivity contribution >= 4 is 11.6 Å². The molecule has 146 valence electrons. The molecule has 5 rings (SSSR count). The lowest BCUT2D eigenvalue weighted by Gasteiger charge is -2.34. The van der Waals surface area contributed by atoms with Crippen molar-refractivity contribution in [3.05, 3.63) is 53.6 Å². The molecule has 0 unspecified atom stereocenters. The van der Waals surface area contributed by atoms with E-state index in [-0.39, 0.29) is 12.7 Å². The maximum absolute atomic E-state index is 13.2. The summed E-state index contributed by atoms with van der Waals surface area (Å²) in [6.07, 6.45) is 4.44. The molecule has 1 N–H and O–H groups in total. The number of fused-ring (bicyclic) bond motifs is 1. The van der Waals surface area contributed by atoms with Crippen LogP contribution in [0.15, 0.2) is 42.5 Å². The van der Waals surface area contributed by atoms with Gasteiger partial charge in [0.2, 0.25) is 12.7 Å². The van der Waals surface area contributed by atoms with Crippen LogP contribution in [0.25, 0.3) is 0 Å². The van der Waals surface area contributed by atoms with Crippen molar-refractivity contribution in [3.8, 4) is 11.5 Å². The van der Waals surface area contributed by atoms with Crippen molar-refractivity contribution < 1.29 is 14.3 Å². The number of anilines is 1. The zero-order valence-corrected chi connectivity index (χ0v) is 16.2. The van der Waals surface area contributed by atoms with Gasteiger partial charge in [-0.3, -0.25) is 9.69 Å². The monoisotopic (exact) mass is 378 g/mol. The van der Waals surface area contributed by atoms with Crippen molar-refractivity contribution in [2.75, 3.05) is 18.7 Å². The molecule has 2 aromatic carbocycles. The molecule has 5 heteroatoms. The van der Waals surface area contributed by atoms with Gasteiger partial charge in [-0.15, -0.1) is 0 Å². The van der Waals surface area contributed by atoms with Crippen molar-refractivity contribution in [1.29, 1.82) is 0 Å². The number of carbonyl (C=O) groups excluding carboxylic acids is 1. The van der Waals surface area contributed by atoms with E-state index in [9.17, 15) is 4.79 Å². The Balaban J connectivity index is 1.31. The molecule has 2 aromatic rings. The first-order valence-corrected chi connectivity index (χ1v) is 10.2. The second-order valence-corrected chi connectivity index (χ2v) is 8.30. The van der Waals surface area contributed by atoms with E-state index in [2.05, 4.69) is 35.3 Å². The topological polar surface area (TPSA) is 50.8 Å². The minimum absolute atomic E-state index is 0.0638. The van der Waals surface area contributed by atoms with Gasteiger partial charge in [-0.25, -0.2) is 0 Å². The van der Waals surface area contributed by atoms with Crippen LogP contribution in [0.5, 0.6) is 11.5 Å². The highest BCUT2D eigenvalue weighted by Crippen LogP contribution is 2.41. The second-order valence-electron chi connectivity index (χ2n) is 8.30. The number of ether oxygens (including phenoxy) is 2. The predicted molar refractivity (Wildman–Crippen MR) is 108 cm³/mol. The molecule has 2 fully saturated rings. The summed E-state index contributed by atoms with van der Waals surface area (Å²) in [5.74, 6) is 2.40. The van der Waals surface area contributed by atoms with Crippen LogP contribution in [0.2, 0.25) is 0 Å². The van der Waals surface area contributed by atoms with Crippen LogP contribution in [0.3, 0.4) is 0 Å². The standard InChI is InChI=1S/C23H26N2O3/c1-23(22(26)24-19-10-8-17(9-11-19)16-6-7-16)12-3-13-25(23)14-18-4-2-5-20-21(18)28-15-27-20/h2,4-5,8-11,16H,3,6-7,12-15H2,1H3,(H,24,26)/t23-/m0/s1. The highest BCUT2D eigenvalue weighted by Gasteiger charge is 2.43. The van der Waals surface area contributed by atoms with Crippen LogP contribution in [0.1, 0.15) is 49.7 Å². The van der Waals surface area contributed by atoms with Gasteiger partial charge in [0.25, 0.3) is 0 Å². The summed E-state index contributed by atoms with van der Waals surface area (Å²) in [5, 5.41) is 3.14. The molecule has 3 aliphatic rings. The molecule has 1 aliphatic carbocycles. The number of hydrogen-bond donors (Lipinski definition) is 1. The summed E-state index contributed by atoms with van der Waals surface area (Å²) < 4.78 is 11.1. The third-order valence-corrected chi connectivity index (χ3v) is 6.34. The SMILES string of the molecule is C[C@@]1(C(=O)Nc2ccc(C3CC3)cc2)CCCN1Cc1cccc2c1OCO2. The summed E-state index contributed by atoms with van der Waals surface area (Å²) in [5.41, 5.74) is 2.80. The molecule has 28 heavy (non-hydrogen) atoms. The molecule has 0 spiro atoms. The zero-order valence-electron chi connectivity index (χ0n) is 16.2. The van der Waals surface area contributed by atoms with E-state index in [4.69, 9.17) is 9.47 Å². The Hall–Kier alpha value is -2.53. The fraction of sp³-hybridized carbons (Fsp3) is 0.435. The van der Waals surface area contributed by atoms with Gasteiger partial charge in [-0.1, -0.05) is 24.3 Å². The average Bonchev–Trinajstić information content (AvgIpc) is 3.32. The van der Waals surface area contributed by atoms with Gasteiger partial charge >= 0.3 is 0 Å². The van der Waals surface area contributed by atoms with Crippen LogP contribution < -0.4 is 14.8 Å². The third kappa shape index (κ3) is 3.14. The molecular weight excluding hydrogens is 352 g/mol. The number of carbonyl (C=O) groups is 1. The number of para-hydroxylation sites is 1. The number of benzene rings is 2. The average molecular weight is 378 g/mol. The molecule has 1 amide bonds. The molecule has 1 saturated heterocycles. The van der Waals surface area contributed by atoms with Gasteiger partial charge in [0.05, 0.1) is 5.54 Å². The number of amides is 1. The summed E-state index contributed by atoms with van der Waals surface area (Å²) in [6, 6.07) is 14.3. The number of nitrogens with one attached hydrogen (secondary N) is 1. The number of rotatable bonds is 5. The first-order chi connectivity index (χ1) is 13.6. The summed E-state index contributed by atoms with van der Waals surface area (Å²) in [4.78, 5) is 15.5. The van der Waals surface area contributed by atoms with Gasteiger partial charge in [0.1, 0.15) is 0 Å².